The summed E-state index contributed by atoms with van der Waals surface area (Å²) >= 11 is 3.46. The minimum Gasteiger partial charge on any atom is -0.294 e. The van der Waals surface area contributed by atoms with Gasteiger partial charge in [-0.05, 0) is 36.8 Å². The van der Waals surface area contributed by atoms with E-state index < -0.39 is 5.92 Å². The number of Topliss-reactive ketones (excluding diaryl/α,β-unsaturated/α-hetero) is 1. The third-order valence-electron chi connectivity index (χ3n) is 5.38. The third kappa shape index (κ3) is 4.12. The number of para-hydroxylation sites is 1. The number of amides is 1. The topological polar surface area (TPSA) is 49.7 Å². The Bertz CT molecular complexity index is 1080. The van der Waals surface area contributed by atoms with Crippen LogP contribution >= 0.6 is 15.9 Å². The highest BCUT2D eigenvalue weighted by Gasteiger charge is 2.41. The van der Waals surface area contributed by atoms with E-state index in [0.29, 0.717) is 5.56 Å². The summed E-state index contributed by atoms with van der Waals surface area (Å²) in [5.41, 5.74) is 3.05. The number of carbonyl (C=O) groups is 2. The average Bonchev–Trinajstić information content (AvgIpc) is 3.08. The van der Waals surface area contributed by atoms with Gasteiger partial charge in [0, 0.05) is 28.1 Å². The van der Waals surface area contributed by atoms with Gasteiger partial charge in [0.15, 0.2) is 5.78 Å². The fraction of sp³-hybridized carbons (Fsp3) is 0.160. The fourth-order valence-corrected chi connectivity index (χ4v) is 4.14. The highest BCUT2D eigenvalue weighted by molar-refractivity contribution is 9.10. The molecule has 0 N–H and O–H groups in total. The van der Waals surface area contributed by atoms with Crippen LogP contribution in [0.1, 0.15) is 35.2 Å². The Kier molecular flexibility index (Phi) is 5.91. The molecule has 1 aliphatic heterocycles. The van der Waals surface area contributed by atoms with Crippen LogP contribution in [-0.4, -0.2) is 17.4 Å². The molecular weight excluding hydrogens is 440 g/mol. The monoisotopic (exact) mass is 460 g/mol. The van der Waals surface area contributed by atoms with Gasteiger partial charge in [0.1, 0.15) is 0 Å². The molecule has 1 amide bonds. The predicted octanol–water partition coefficient (Wildman–Crippen LogP) is 5.84. The predicted molar refractivity (Wildman–Crippen MR) is 123 cm³/mol. The number of hydrazone groups is 1. The molecule has 3 aromatic carbocycles. The molecule has 0 spiro atoms. The molecular formula is C25H21BrN2O2. The van der Waals surface area contributed by atoms with Crippen molar-refractivity contribution in [2.45, 2.75) is 19.3 Å². The van der Waals surface area contributed by atoms with Crippen LogP contribution in [0.25, 0.3) is 0 Å². The first kappa shape index (κ1) is 20.2. The highest BCUT2D eigenvalue weighted by atomic mass is 79.9. The Labute approximate surface area is 184 Å². The molecule has 0 saturated carbocycles. The lowest BCUT2D eigenvalue weighted by Crippen LogP contribution is -2.32. The van der Waals surface area contributed by atoms with Gasteiger partial charge in [0.2, 0.25) is 0 Å². The van der Waals surface area contributed by atoms with Crippen LogP contribution in [0.15, 0.2) is 94.5 Å². The molecule has 0 fully saturated rings. The number of hydrogen-bond donors (Lipinski definition) is 0. The molecule has 0 saturated heterocycles. The second kappa shape index (κ2) is 8.76. The van der Waals surface area contributed by atoms with E-state index in [4.69, 9.17) is 0 Å². The van der Waals surface area contributed by atoms with Gasteiger partial charge in [-0.15, -0.1) is 0 Å². The third-order valence-corrected chi connectivity index (χ3v) is 5.91. The first-order chi connectivity index (χ1) is 14.5. The van der Waals surface area contributed by atoms with Gasteiger partial charge >= 0.3 is 0 Å². The van der Waals surface area contributed by atoms with E-state index in [1.807, 2.05) is 91.9 Å². The highest BCUT2D eigenvalue weighted by Crippen LogP contribution is 2.37. The Hall–Kier alpha value is -3.05. The Morgan fingerprint density at radius 3 is 2.20 bits per heavy atom. The Morgan fingerprint density at radius 1 is 0.967 bits per heavy atom. The maximum atomic E-state index is 13.4. The first-order valence-corrected chi connectivity index (χ1v) is 10.6. The van der Waals surface area contributed by atoms with Crippen LogP contribution in [0.3, 0.4) is 0 Å². The second-order valence-corrected chi connectivity index (χ2v) is 8.27. The zero-order valence-electron chi connectivity index (χ0n) is 16.5. The van der Waals surface area contributed by atoms with E-state index in [1.165, 1.54) is 5.01 Å². The number of halogens is 1. The SMILES string of the molecule is CC1=NN(c2ccccc2)C(=O)C1C(CC(=O)c1ccccc1)c1ccc(Br)cc1. The molecule has 0 radical (unpaired) electrons. The van der Waals surface area contributed by atoms with Gasteiger partial charge in [0.25, 0.3) is 5.91 Å². The number of anilines is 1. The minimum atomic E-state index is -0.487. The fourth-order valence-electron chi connectivity index (χ4n) is 3.88. The molecule has 0 aliphatic carbocycles. The standard InChI is InChI=1S/C25H21BrN2O2/c1-17-24(25(30)28(27-17)21-10-6-3-7-11-21)22(18-12-14-20(26)15-13-18)16-23(29)19-8-4-2-5-9-19/h2-15,22,24H,16H2,1H3. The number of rotatable bonds is 6. The van der Waals surface area contributed by atoms with Crippen molar-refractivity contribution >= 4 is 39.0 Å². The lowest BCUT2D eigenvalue weighted by Gasteiger charge is -2.23. The first-order valence-electron chi connectivity index (χ1n) is 9.82. The van der Waals surface area contributed by atoms with Crippen molar-refractivity contribution in [2.75, 3.05) is 5.01 Å². The normalized spacial score (nSPS) is 17.0. The molecule has 3 aromatic rings. The molecule has 2 atom stereocenters. The largest absolute Gasteiger partial charge is 0.294 e. The number of hydrogen-bond acceptors (Lipinski definition) is 3. The molecule has 5 heteroatoms. The van der Waals surface area contributed by atoms with Crippen LogP contribution in [0.2, 0.25) is 0 Å². The summed E-state index contributed by atoms with van der Waals surface area (Å²) < 4.78 is 0.952. The number of ketones is 1. The molecule has 1 aliphatic rings. The molecule has 30 heavy (non-hydrogen) atoms. The van der Waals surface area contributed by atoms with Crippen molar-refractivity contribution in [3.63, 3.8) is 0 Å². The molecule has 2 unspecified atom stereocenters. The van der Waals surface area contributed by atoms with Gasteiger partial charge in [-0.2, -0.15) is 5.10 Å². The average molecular weight is 461 g/mol. The summed E-state index contributed by atoms with van der Waals surface area (Å²) in [6.45, 7) is 1.87. The van der Waals surface area contributed by atoms with Crippen LogP contribution < -0.4 is 5.01 Å². The molecule has 0 bridgehead atoms. The van der Waals surface area contributed by atoms with E-state index in [1.54, 1.807) is 0 Å². The smallest absolute Gasteiger partial charge is 0.256 e. The summed E-state index contributed by atoms with van der Waals surface area (Å²) in [4.78, 5) is 26.4. The summed E-state index contributed by atoms with van der Waals surface area (Å²) in [6, 6.07) is 26.4. The van der Waals surface area contributed by atoms with E-state index in [9.17, 15) is 9.59 Å². The zero-order valence-corrected chi connectivity index (χ0v) is 18.1. The van der Waals surface area contributed by atoms with Crippen molar-refractivity contribution < 1.29 is 9.59 Å². The van der Waals surface area contributed by atoms with Gasteiger partial charge < -0.3 is 0 Å². The molecule has 0 aromatic heterocycles. The van der Waals surface area contributed by atoms with Crippen LogP contribution in [0, 0.1) is 5.92 Å². The van der Waals surface area contributed by atoms with Gasteiger partial charge in [-0.1, -0.05) is 76.6 Å². The lowest BCUT2D eigenvalue weighted by molar-refractivity contribution is -0.120. The Morgan fingerprint density at radius 2 is 1.57 bits per heavy atom. The Balaban J connectivity index is 1.69. The van der Waals surface area contributed by atoms with Crippen molar-refractivity contribution in [3.8, 4) is 0 Å². The van der Waals surface area contributed by atoms with Crippen molar-refractivity contribution in [2.24, 2.45) is 11.0 Å². The minimum absolute atomic E-state index is 0.0160. The van der Waals surface area contributed by atoms with Crippen molar-refractivity contribution in [1.82, 2.24) is 0 Å². The van der Waals surface area contributed by atoms with Gasteiger partial charge in [-0.3, -0.25) is 9.59 Å². The second-order valence-electron chi connectivity index (χ2n) is 7.36. The van der Waals surface area contributed by atoms with Crippen molar-refractivity contribution in [3.05, 3.63) is 101 Å². The van der Waals surface area contributed by atoms with E-state index in [0.717, 1.165) is 21.4 Å². The van der Waals surface area contributed by atoms with Crippen LogP contribution in [0.4, 0.5) is 5.69 Å². The zero-order chi connectivity index (χ0) is 21.1. The van der Waals surface area contributed by atoms with E-state index in [-0.39, 0.29) is 24.0 Å². The summed E-state index contributed by atoms with van der Waals surface area (Å²) in [5.74, 6) is -0.871. The maximum Gasteiger partial charge on any atom is 0.256 e. The van der Waals surface area contributed by atoms with E-state index >= 15 is 0 Å². The summed E-state index contributed by atoms with van der Waals surface area (Å²) in [5, 5.41) is 6.00. The molecule has 1 heterocycles. The number of nitrogens with zero attached hydrogens (tertiary/aromatic N) is 2. The number of carbonyl (C=O) groups excluding carboxylic acids is 2. The molecule has 4 rings (SSSR count). The molecule has 150 valence electrons. The summed E-state index contributed by atoms with van der Waals surface area (Å²) in [7, 11) is 0. The van der Waals surface area contributed by atoms with Crippen LogP contribution in [0.5, 0.6) is 0 Å². The van der Waals surface area contributed by atoms with Gasteiger partial charge in [-0.25, -0.2) is 5.01 Å². The lowest BCUT2D eigenvalue weighted by atomic mass is 9.79. The quantitative estimate of drug-likeness (QED) is 0.433. The van der Waals surface area contributed by atoms with Crippen LogP contribution in [-0.2, 0) is 4.79 Å². The van der Waals surface area contributed by atoms with Gasteiger partial charge in [0.05, 0.1) is 11.6 Å². The molecule has 4 nitrogen and oxygen atoms in total. The number of benzene rings is 3. The van der Waals surface area contributed by atoms with E-state index in [2.05, 4.69) is 21.0 Å². The van der Waals surface area contributed by atoms with Crippen molar-refractivity contribution in [1.29, 1.82) is 0 Å². The maximum absolute atomic E-state index is 13.4. The summed E-state index contributed by atoms with van der Waals surface area (Å²) in [6.07, 6.45) is 0.234.